The van der Waals surface area contributed by atoms with Gasteiger partial charge in [0.15, 0.2) is 0 Å². The maximum absolute atomic E-state index is 12.6. The smallest absolute Gasteiger partial charge is 0.294 e. The van der Waals surface area contributed by atoms with Crippen LogP contribution in [-0.4, -0.2) is 33.4 Å². The van der Waals surface area contributed by atoms with Gasteiger partial charge >= 0.3 is 0 Å². The molecule has 11 heteroatoms. The van der Waals surface area contributed by atoms with Crippen LogP contribution in [0.5, 0.6) is 0 Å². The summed E-state index contributed by atoms with van der Waals surface area (Å²) < 4.78 is 5.67. The van der Waals surface area contributed by atoms with Crippen molar-refractivity contribution in [3.63, 3.8) is 0 Å². The van der Waals surface area contributed by atoms with E-state index in [-0.39, 0.29) is 21.4 Å². The average molecular weight is 484 g/mol. The highest BCUT2D eigenvalue weighted by Crippen LogP contribution is 2.34. The summed E-state index contributed by atoms with van der Waals surface area (Å²) in [7, 11) is 0. The summed E-state index contributed by atoms with van der Waals surface area (Å²) in [6.07, 6.45) is 1.38. The van der Waals surface area contributed by atoms with Crippen molar-refractivity contribution in [1.82, 2.24) is 4.90 Å². The number of nitrogens with one attached hydrogen (secondary N) is 1. The van der Waals surface area contributed by atoms with E-state index in [1.54, 1.807) is 48.5 Å². The minimum Gasteiger partial charge on any atom is -0.457 e. The third-order valence-corrected chi connectivity index (χ3v) is 5.79. The molecule has 166 valence electrons. The van der Waals surface area contributed by atoms with Crippen LogP contribution in [0.4, 0.5) is 16.2 Å². The molecule has 0 unspecified atom stereocenters. The number of nitrogens with zero attached hydrogens (tertiary/aromatic N) is 2. The van der Waals surface area contributed by atoms with Crippen molar-refractivity contribution in [3.8, 4) is 11.3 Å². The molecule has 1 fully saturated rings. The highest BCUT2D eigenvalue weighted by molar-refractivity contribution is 8.18. The molecule has 1 aliphatic rings. The number of nitro groups is 1. The molecule has 1 aliphatic heterocycles. The van der Waals surface area contributed by atoms with Crippen molar-refractivity contribution in [2.75, 3.05) is 11.9 Å². The molecule has 1 N–H and O–H groups in total. The molecule has 0 spiro atoms. The van der Waals surface area contributed by atoms with E-state index in [0.717, 1.165) is 4.90 Å². The Morgan fingerprint density at radius 2 is 1.91 bits per heavy atom. The first-order valence-electron chi connectivity index (χ1n) is 9.46. The fraction of sp³-hybridized carbons (Fsp3) is 0.0455. The minimum atomic E-state index is -0.617. The number of imide groups is 1. The molecule has 0 radical (unpaired) electrons. The van der Waals surface area contributed by atoms with Gasteiger partial charge in [-0.1, -0.05) is 29.8 Å². The van der Waals surface area contributed by atoms with Gasteiger partial charge in [0.1, 0.15) is 23.1 Å². The van der Waals surface area contributed by atoms with Crippen LogP contribution in [0.2, 0.25) is 5.02 Å². The number of hydrogen-bond donors (Lipinski definition) is 1. The third-order valence-electron chi connectivity index (χ3n) is 4.56. The maximum Gasteiger partial charge on any atom is 0.294 e. The number of hydrogen-bond acceptors (Lipinski definition) is 7. The molecule has 1 aromatic heterocycles. The van der Waals surface area contributed by atoms with Gasteiger partial charge in [0.05, 0.1) is 9.83 Å². The van der Waals surface area contributed by atoms with Crippen LogP contribution in [0, 0.1) is 10.1 Å². The molecule has 1 saturated heterocycles. The van der Waals surface area contributed by atoms with Crippen LogP contribution in [0.3, 0.4) is 0 Å². The Balaban J connectivity index is 1.48. The fourth-order valence-electron chi connectivity index (χ4n) is 3.02. The van der Waals surface area contributed by atoms with Crippen LogP contribution in [-0.2, 0) is 9.59 Å². The molecule has 0 atom stereocenters. The van der Waals surface area contributed by atoms with Gasteiger partial charge < -0.3 is 9.73 Å². The van der Waals surface area contributed by atoms with Crippen LogP contribution < -0.4 is 5.32 Å². The molecule has 0 aliphatic carbocycles. The second-order valence-corrected chi connectivity index (χ2v) is 8.21. The molecule has 4 rings (SSSR count). The van der Waals surface area contributed by atoms with Gasteiger partial charge in [-0.15, -0.1) is 0 Å². The summed E-state index contributed by atoms with van der Waals surface area (Å²) in [5.41, 5.74) is 0.717. The van der Waals surface area contributed by atoms with E-state index in [0.29, 0.717) is 28.8 Å². The van der Waals surface area contributed by atoms with E-state index in [4.69, 9.17) is 16.0 Å². The molecule has 3 aromatic rings. The Morgan fingerprint density at radius 3 is 2.64 bits per heavy atom. The topological polar surface area (TPSA) is 123 Å². The van der Waals surface area contributed by atoms with E-state index >= 15 is 0 Å². The molecule has 2 aromatic carbocycles. The summed E-state index contributed by atoms with van der Waals surface area (Å²) in [4.78, 5) is 48.6. The predicted octanol–water partition coefficient (Wildman–Crippen LogP) is 5.18. The Kier molecular flexibility index (Phi) is 6.29. The van der Waals surface area contributed by atoms with Gasteiger partial charge in [0, 0.05) is 23.4 Å². The standard InChI is InChI=1S/C22H14ClN3O6S/c23-16-8-6-13(10-17(16)26(30)31)18-9-7-15(32-18)11-19-21(28)25(22(29)33-19)12-20(27)24-14-4-2-1-3-5-14/h1-11H,12H2,(H,24,27)/b19-11+. The number of furan rings is 1. The molecule has 9 nitrogen and oxygen atoms in total. The number of benzene rings is 2. The first-order chi connectivity index (χ1) is 15.8. The molecule has 33 heavy (non-hydrogen) atoms. The molecule has 2 heterocycles. The Labute approximate surface area is 196 Å². The van der Waals surface area contributed by atoms with Crippen LogP contribution in [0.1, 0.15) is 5.76 Å². The lowest BCUT2D eigenvalue weighted by molar-refractivity contribution is -0.384. The van der Waals surface area contributed by atoms with Crippen molar-refractivity contribution in [3.05, 3.63) is 86.5 Å². The second-order valence-electron chi connectivity index (χ2n) is 6.81. The molecular weight excluding hydrogens is 470 g/mol. The van der Waals surface area contributed by atoms with Crippen molar-refractivity contribution in [2.24, 2.45) is 0 Å². The summed E-state index contributed by atoms with van der Waals surface area (Å²) in [6, 6.07) is 16.1. The van der Waals surface area contributed by atoms with E-state index in [9.17, 15) is 24.5 Å². The second kappa shape index (κ2) is 9.31. The first-order valence-corrected chi connectivity index (χ1v) is 10.7. The Bertz CT molecular complexity index is 1300. The number of carbonyl (C=O) groups is 3. The number of para-hydroxylation sites is 1. The summed E-state index contributed by atoms with van der Waals surface area (Å²) in [6.45, 7) is -0.422. The summed E-state index contributed by atoms with van der Waals surface area (Å²) in [5, 5.41) is 13.1. The van der Waals surface area contributed by atoms with Crippen LogP contribution in [0.25, 0.3) is 17.4 Å². The molecule has 3 amide bonds. The van der Waals surface area contributed by atoms with Crippen molar-refractivity contribution < 1.29 is 23.7 Å². The third kappa shape index (κ3) is 4.97. The molecule has 0 bridgehead atoms. The number of carbonyl (C=O) groups excluding carboxylic acids is 3. The SMILES string of the molecule is O=C(CN1C(=O)S/C(=C/c2ccc(-c3ccc(Cl)c([N+](=O)[O-])c3)o2)C1=O)Nc1ccccc1. The number of amides is 3. The van der Waals surface area contributed by atoms with Gasteiger partial charge in [-0.3, -0.25) is 29.4 Å². The lowest BCUT2D eigenvalue weighted by Crippen LogP contribution is -2.36. The molecule has 0 saturated carbocycles. The Hall–Kier alpha value is -3.89. The lowest BCUT2D eigenvalue weighted by atomic mass is 10.1. The van der Waals surface area contributed by atoms with Gasteiger partial charge in [-0.05, 0) is 48.2 Å². The number of thioether (sulfide) groups is 1. The zero-order chi connectivity index (χ0) is 23.5. The van der Waals surface area contributed by atoms with E-state index < -0.39 is 28.5 Å². The maximum atomic E-state index is 12.6. The summed E-state index contributed by atoms with van der Waals surface area (Å²) in [5.74, 6) is -0.535. The Morgan fingerprint density at radius 1 is 1.15 bits per heavy atom. The number of halogens is 1. The minimum absolute atomic E-state index is 0.000468. The number of anilines is 1. The highest BCUT2D eigenvalue weighted by atomic mass is 35.5. The number of rotatable bonds is 6. The largest absolute Gasteiger partial charge is 0.457 e. The lowest BCUT2D eigenvalue weighted by Gasteiger charge is -2.12. The quantitative estimate of drug-likeness (QED) is 0.291. The average Bonchev–Trinajstić information content (AvgIpc) is 3.35. The van der Waals surface area contributed by atoms with Gasteiger partial charge in [0.25, 0.3) is 16.8 Å². The molecular formula is C22H14ClN3O6S. The van der Waals surface area contributed by atoms with Crippen molar-refractivity contribution in [2.45, 2.75) is 0 Å². The first kappa shape index (κ1) is 22.3. The summed E-state index contributed by atoms with van der Waals surface area (Å²) >= 11 is 6.52. The van der Waals surface area contributed by atoms with Crippen molar-refractivity contribution >= 4 is 57.9 Å². The van der Waals surface area contributed by atoms with Crippen molar-refractivity contribution in [1.29, 1.82) is 0 Å². The van der Waals surface area contributed by atoms with E-state index in [1.165, 1.54) is 18.2 Å². The van der Waals surface area contributed by atoms with E-state index in [2.05, 4.69) is 5.32 Å². The number of nitro benzene ring substituents is 1. The van der Waals surface area contributed by atoms with Gasteiger partial charge in [-0.2, -0.15) is 0 Å². The fourth-order valence-corrected chi connectivity index (χ4v) is 4.03. The van der Waals surface area contributed by atoms with E-state index in [1.807, 2.05) is 0 Å². The zero-order valence-corrected chi connectivity index (χ0v) is 18.3. The monoisotopic (exact) mass is 483 g/mol. The van der Waals surface area contributed by atoms with Gasteiger partial charge in [0.2, 0.25) is 5.91 Å². The highest BCUT2D eigenvalue weighted by Gasteiger charge is 2.36. The van der Waals surface area contributed by atoms with Crippen LogP contribution in [0.15, 0.2) is 70.0 Å². The van der Waals surface area contributed by atoms with Crippen LogP contribution >= 0.6 is 23.4 Å². The zero-order valence-electron chi connectivity index (χ0n) is 16.7. The van der Waals surface area contributed by atoms with Gasteiger partial charge in [-0.25, -0.2) is 0 Å². The predicted molar refractivity (Wildman–Crippen MR) is 124 cm³/mol. The normalized spacial score (nSPS) is 14.7.